The molecule has 0 bridgehead atoms. The van der Waals surface area contributed by atoms with E-state index < -0.39 is 5.97 Å². The number of rotatable bonds is 4. The van der Waals surface area contributed by atoms with Gasteiger partial charge in [-0.15, -0.1) is 0 Å². The van der Waals surface area contributed by atoms with Gasteiger partial charge in [-0.3, -0.25) is 4.79 Å². The van der Waals surface area contributed by atoms with E-state index in [0.717, 1.165) is 11.1 Å². The van der Waals surface area contributed by atoms with Crippen LogP contribution in [0.3, 0.4) is 0 Å². The van der Waals surface area contributed by atoms with Crippen LogP contribution >= 0.6 is 0 Å². The van der Waals surface area contributed by atoms with Gasteiger partial charge in [0.25, 0.3) is 0 Å². The van der Waals surface area contributed by atoms with Crippen LogP contribution in [-0.4, -0.2) is 11.0 Å². The first-order chi connectivity index (χ1) is 11.2. The zero-order chi connectivity index (χ0) is 16.1. The lowest BCUT2D eigenvalue weighted by Gasteiger charge is -2.07. The van der Waals surface area contributed by atoms with Crippen molar-refractivity contribution in [3.8, 4) is 11.3 Å². The van der Waals surface area contributed by atoms with Crippen molar-refractivity contribution in [1.82, 2.24) is 4.98 Å². The summed E-state index contributed by atoms with van der Waals surface area (Å²) >= 11 is 0. The monoisotopic (exact) mass is 305 g/mol. The van der Waals surface area contributed by atoms with Gasteiger partial charge in [-0.1, -0.05) is 48.5 Å². The Morgan fingerprint density at radius 3 is 2.48 bits per heavy atom. The molecule has 0 fully saturated rings. The van der Waals surface area contributed by atoms with Gasteiger partial charge in [-0.25, -0.2) is 4.79 Å². The van der Waals surface area contributed by atoms with Crippen LogP contribution in [0.2, 0.25) is 0 Å². The number of hydrogen-bond acceptors (Lipinski definition) is 3. The van der Waals surface area contributed by atoms with Crippen LogP contribution < -0.4 is 5.56 Å². The van der Waals surface area contributed by atoms with Crippen molar-refractivity contribution in [3.05, 3.63) is 94.3 Å². The van der Waals surface area contributed by atoms with Gasteiger partial charge in [0.05, 0.1) is 5.56 Å². The fourth-order valence-electron chi connectivity index (χ4n) is 2.24. The minimum Gasteiger partial charge on any atom is -0.457 e. The highest BCUT2D eigenvalue weighted by atomic mass is 16.5. The molecular formula is C19H15NO3. The quantitative estimate of drug-likeness (QED) is 0.752. The molecule has 4 heteroatoms. The summed E-state index contributed by atoms with van der Waals surface area (Å²) in [5.74, 6) is -0.394. The molecule has 3 aromatic rings. The topological polar surface area (TPSA) is 59.2 Å². The highest BCUT2D eigenvalue weighted by Gasteiger charge is 2.09. The van der Waals surface area contributed by atoms with Gasteiger partial charge >= 0.3 is 5.97 Å². The van der Waals surface area contributed by atoms with Crippen LogP contribution in [-0.2, 0) is 11.3 Å². The second-order valence-electron chi connectivity index (χ2n) is 5.07. The van der Waals surface area contributed by atoms with Gasteiger partial charge in [0, 0.05) is 11.8 Å². The van der Waals surface area contributed by atoms with Crippen LogP contribution in [0.5, 0.6) is 0 Å². The Morgan fingerprint density at radius 1 is 0.913 bits per heavy atom. The third kappa shape index (κ3) is 3.74. The van der Waals surface area contributed by atoms with E-state index in [2.05, 4.69) is 4.98 Å². The Bertz CT molecular complexity index is 869. The largest absolute Gasteiger partial charge is 0.457 e. The van der Waals surface area contributed by atoms with Crippen molar-refractivity contribution < 1.29 is 9.53 Å². The number of carbonyl (C=O) groups is 1. The number of benzene rings is 2. The summed E-state index contributed by atoms with van der Waals surface area (Å²) < 4.78 is 5.32. The predicted molar refractivity (Wildman–Crippen MR) is 88.1 cm³/mol. The first kappa shape index (κ1) is 14.8. The third-order valence-electron chi connectivity index (χ3n) is 3.39. The lowest BCUT2D eigenvalue weighted by atomic mass is 10.1. The molecule has 0 unspecified atom stereocenters. The Balaban J connectivity index is 1.77. The zero-order valence-corrected chi connectivity index (χ0v) is 12.4. The van der Waals surface area contributed by atoms with Gasteiger partial charge < -0.3 is 9.72 Å². The van der Waals surface area contributed by atoms with Gasteiger partial charge in [0.1, 0.15) is 6.61 Å². The second-order valence-corrected chi connectivity index (χ2v) is 5.07. The molecule has 0 aliphatic heterocycles. The molecule has 2 aromatic carbocycles. The molecule has 1 aromatic heterocycles. The van der Waals surface area contributed by atoms with E-state index in [1.54, 1.807) is 30.3 Å². The Labute approximate surface area is 133 Å². The van der Waals surface area contributed by atoms with E-state index in [4.69, 9.17) is 4.74 Å². The number of ether oxygens (including phenoxy) is 1. The summed E-state index contributed by atoms with van der Waals surface area (Å²) in [7, 11) is 0. The molecule has 0 saturated heterocycles. The van der Waals surface area contributed by atoms with Crippen molar-refractivity contribution in [2.75, 3.05) is 0 Å². The van der Waals surface area contributed by atoms with E-state index in [1.807, 2.05) is 36.4 Å². The van der Waals surface area contributed by atoms with Crippen LogP contribution in [0, 0.1) is 0 Å². The second kappa shape index (κ2) is 6.75. The van der Waals surface area contributed by atoms with E-state index in [1.165, 1.54) is 6.07 Å². The average Bonchev–Trinajstić information content (AvgIpc) is 2.61. The first-order valence-corrected chi connectivity index (χ1v) is 7.23. The molecule has 23 heavy (non-hydrogen) atoms. The number of esters is 1. The maximum Gasteiger partial charge on any atom is 0.338 e. The van der Waals surface area contributed by atoms with Crippen molar-refractivity contribution in [3.63, 3.8) is 0 Å². The summed E-state index contributed by atoms with van der Waals surface area (Å²) in [5.41, 5.74) is 2.62. The van der Waals surface area contributed by atoms with Gasteiger partial charge in [0.2, 0.25) is 5.56 Å². The molecule has 0 atom stereocenters. The number of pyridine rings is 1. The van der Waals surface area contributed by atoms with Crippen molar-refractivity contribution in [2.24, 2.45) is 0 Å². The maximum absolute atomic E-state index is 12.2. The number of nitrogens with one attached hydrogen (secondary N) is 1. The standard InChI is InChI=1S/C19H15NO3/c21-18-11-5-10-17(20-18)15-8-4-9-16(12-15)19(22)23-13-14-6-2-1-3-7-14/h1-12H,13H2,(H,20,21). The highest BCUT2D eigenvalue weighted by Crippen LogP contribution is 2.17. The van der Waals surface area contributed by atoms with E-state index in [-0.39, 0.29) is 12.2 Å². The van der Waals surface area contributed by atoms with E-state index >= 15 is 0 Å². The van der Waals surface area contributed by atoms with Crippen LogP contribution in [0.4, 0.5) is 0 Å². The van der Waals surface area contributed by atoms with Crippen molar-refractivity contribution in [2.45, 2.75) is 6.61 Å². The number of aromatic amines is 1. The SMILES string of the molecule is O=C(OCc1ccccc1)c1cccc(-c2cccc(=O)[nH]2)c1. The first-order valence-electron chi connectivity index (χ1n) is 7.23. The molecule has 1 heterocycles. The summed E-state index contributed by atoms with van der Waals surface area (Å²) in [4.78, 5) is 26.3. The van der Waals surface area contributed by atoms with Crippen LogP contribution in [0.1, 0.15) is 15.9 Å². The molecule has 114 valence electrons. The Kier molecular flexibility index (Phi) is 4.34. The molecule has 0 amide bonds. The van der Waals surface area contributed by atoms with Gasteiger partial charge in [-0.2, -0.15) is 0 Å². The average molecular weight is 305 g/mol. The van der Waals surface area contributed by atoms with Crippen LogP contribution in [0.15, 0.2) is 77.6 Å². The molecule has 3 rings (SSSR count). The summed E-state index contributed by atoms with van der Waals surface area (Å²) in [6.45, 7) is 0.228. The lowest BCUT2D eigenvalue weighted by molar-refractivity contribution is 0.0473. The molecule has 0 saturated carbocycles. The number of carbonyl (C=O) groups excluding carboxylic acids is 1. The molecule has 0 aliphatic carbocycles. The van der Waals surface area contributed by atoms with Gasteiger partial charge in [0.15, 0.2) is 0 Å². The molecular weight excluding hydrogens is 290 g/mol. The summed E-state index contributed by atoms with van der Waals surface area (Å²) in [6.07, 6.45) is 0. The number of aromatic nitrogens is 1. The highest BCUT2D eigenvalue weighted by molar-refractivity contribution is 5.90. The number of hydrogen-bond donors (Lipinski definition) is 1. The molecule has 0 spiro atoms. The van der Waals surface area contributed by atoms with Crippen molar-refractivity contribution in [1.29, 1.82) is 0 Å². The van der Waals surface area contributed by atoms with E-state index in [9.17, 15) is 9.59 Å². The Morgan fingerprint density at radius 2 is 1.70 bits per heavy atom. The maximum atomic E-state index is 12.2. The predicted octanol–water partition coefficient (Wildman–Crippen LogP) is 3.40. The van der Waals surface area contributed by atoms with Gasteiger partial charge in [-0.05, 0) is 29.3 Å². The molecule has 1 N–H and O–H groups in total. The molecule has 0 radical (unpaired) electrons. The summed E-state index contributed by atoms with van der Waals surface area (Å²) in [6, 6.07) is 21.4. The minimum atomic E-state index is -0.394. The normalized spacial score (nSPS) is 10.3. The van der Waals surface area contributed by atoms with E-state index in [0.29, 0.717) is 11.3 Å². The smallest absolute Gasteiger partial charge is 0.338 e. The fraction of sp³-hybridized carbons (Fsp3) is 0.0526. The lowest BCUT2D eigenvalue weighted by Crippen LogP contribution is -2.06. The number of H-pyrrole nitrogens is 1. The van der Waals surface area contributed by atoms with Crippen LogP contribution in [0.25, 0.3) is 11.3 Å². The minimum absolute atomic E-state index is 0.181. The third-order valence-corrected chi connectivity index (χ3v) is 3.39. The summed E-state index contributed by atoms with van der Waals surface area (Å²) in [5, 5.41) is 0. The molecule has 0 aliphatic rings. The molecule has 4 nitrogen and oxygen atoms in total. The van der Waals surface area contributed by atoms with Crippen molar-refractivity contribution >= 4 is 5.97 Å². The Hall–Kier alpha value is -3.14. The fourth-order valence-corrected chi connectivity index (χ4v) is 2.24. The zero-order valence-electron chi connectivity index (χ0n) is 12.4.